The Morgan fingerprint density at radius 1 is 1.18 bits per heavy atom. The van der Waals surface area contributed by atoms with Gasteiger partial charge in [-0.15, -0.1) is 0 Å². The number of hydrogen-bond donors (Lipinski definition) is 3. The minimum atomic E-state index is -0.167. The van der Waals surface area contributed by atoms with Gasteiger partial charge < -0.3 is 15.5 Å². The molecule has 0 aromatic carbocycles. The van der Waals surface area contributed by atoms with Crippen molar-refractivity contribution in [2.45, 2.75) is 46.9 Å². The van der Waals surface area contributed by atoms with Gasteiger partial charge in [0.25, 0.3) is 0 Å². The Kier molecular flexibility index (Phi) is 24.8. The molecule has 0 aliphatic carbocycles. The molecule has 3 N–H and O–H groups in total. The van der Waals surface area contributed by atoms with Crippen LogP contribution in [0.4, 0.5) is 0 Å². The Bertz CT molecular complexity index is 133. The molecule has 0 aliphatic rings. The molecule has 1 unspecified atom stereocenters. The molecule has 0 saturated carbocycles. The van der Waals surface area contributed by atoms with Crippen molar-refractivity contribution in [3.8, 4) is 0 Å². The van der Waals surface area contributed by atoms with Gasteiger partial charge >= 0.3 is 23.7 Å². The monoisotopic (exact) mass is 284 g/mol. The SMILES string of the molecule is CC(C)O.CCNC(CO)N(CC)CC.[O]=[Ti]. The van der Waals surface area contributed by atoms with Crippen LogP contribution in [0.3, 0.4) is 0 Å². The predicted octanol–water partition coefficient (Wildman–Crippen LogP) is 0.522. The minimum absolute atomic E-state index is 0.134. The van der Waals surface area contributed by atoms with Gasteiger partial charge in [-0.3, -0.25) is 4.90 Å². The van der Waals surface area contributed by atoms with E-state index in [1.165, 1.54) is 0 Å². The summed E-state index contributed by atoms with van der Waals surface area (Å²) in [6.45, 7) is 12.7. The Labute approximate surface area is 117 Å². The second-order valence-electron chi connectivity index (χ2n) is 3.57. The van der Waals surface area contributed by atoms with Crippen LogP contribution in [0.25, 0.3) is 0 Å². The van der Waals surface area contributed by atoms with E-state index in [2.05, 4.69) is 24.1 Å². The molecule has 0 bridgehead atoms. The molecule has 104 valence electrons. The molecular weight excluding hydrogens is 256 g/mol. The molecule has 0 saturated heterocycles. The van der Waals surface area contributed by atoms with Crippen LogP contribution in [0.1, 0.15) is 34.6 Å². The van der Waals surface area contributed by atoms with Crippen LogP contribution in [0.2, 0.25) is 0 Å². The summed E-state index contributed by atoms with van der Waals surface area (Å²) in [6.07, 6.45) is -0.0324. The second-order valence-corrected chi connectivity index (χ2v) is 3.57. The fraction of sp³-hybridized carbons (Fsp3) is 1.00. The van der Waals surface area contributed by atoms with Gasteiger partial charge in [0, 0.05) is 6.10 Å². The Morgan fingerprint density at radius 3 is 1.71 bits per heavy atom. The van der Waals surface area contributed by atoms with Gasteiger partial charge in [0.05, 0.1) is 12.8 Å². The molecule has 0 amide bonds. The fourth-order valence-corrected chi connectivity index (χ4v) is 1.21. The summed E-state index contributed by atoms with van der Waals surface area (Å²) in [6, 6.07) is 0. The molecule has 0 fully saturated rings. The molecule has 0 aromatic heterocycles. The summed E-state index contributed by atoms with van der Waals surface area (Å²) in [5.41, 5.74) is 0. The van der Waals surface area contributed by atoms with E-state index in [-0.39, 0.29) is 18.9 Å². The first-order chi connectivity index (χ1) is 8.03. The summed E-state index contributed by atoms with van der Waals surface area (Å²) in [4.78, 5) is 2.20. The first-order valence-corrected chi connectivity index (χ1v) is 6.63. The molecule has 0 aromatic rings. The molecule has 0 aliphatic heterocycles. The Balaban J connectivity index is -0.000000275. The van der Waals surface area contributed by atoms with Crippen LogP contribution >= 0.6 is 0 Å². The third-order valence-corrected chi connectivity index (χ3v) is 1.87. The topological polar surface area (TPSA) is 72.8 Å². The number of aliphatic hydroxyl groups excluding tert-OH is 2. The van der Waals surface area contributed by atoms with E-state index in [1.54, 1.807) is 13.8 Å². The van der Waals surface area contributed by atoms with Crippen LogP contribution in [0, 0.1) is 0 Å². The van der Waals surface area contributed by atoms with Gasteiger partial charge in [-0.05, 0) is 33.5 Å². The zero-order valence-electron chi connectivity index (χ0n) is 11.7. The van der Waals surface area contributed by atoms with E-state index in [9.17, 15) is 0 Å². The fourth-order valence-electron chi connectivity index (χ4n) is 1.21. The van der Waals surface area contributed by atoms with Crippen molar-refractivity contribution in [1.82, 2.24) is 10.2 Å². The molecule has 17 heavy (non-hydrogen) atoms. The number of nitrogens with one attached hydrogen (secondary N) is 1. The van der Waals surface area contributed by atoms with E-state index < -0.39 is 0 Å². The Hall–Kier alpha value is 0.354. The van der Waals surface area contributed by atoms with E-state index in [0.29, 0.717) is 0 Å². The first-order valence-electron chi connectivity index (χ1n) is 6.00. The van der Waals surface area contributed by atoms with Crippen molar-refractivity contribution in [3.63, 3.8) is 0 Å². The van der Waals surface area contributed by atoms with Crippen molar-refractivity contribution in [1.29, 1.82) is 0 Å². The maximum atomic E-state index is 8.99. The van der Waals surface area contributed by atoms with E-state index in [1.807, 2.05) is 6.92 Å². The molecule has 0 spiro atoms. The zero-order chi connectivity index (χ0) is 14.3. The van der Waals surface area contributed by atoms with E-state index in [0.717, 1.165) is 40.0 Å². The van der Waals surface area contributed by atoms with Gasteiger partial charge in [0.1, 0.15) is 0 Å². The van der Waals surface area contributed by atoms with Crippen molar-refractivity contribution in [3.05, 3.63) is 0 Å². The second kappa shape index (κ2) is 18.7. The predicted molar refractivity (Wildman–Crippen MR) is 65.5 cm³/mol. The van der Waals surface area contributed by atoms with Crippen LogP contribution in [0.5, 0.6) is 0 Å². The molecule has 0 rings (SSSR count). The zero-order valence-corrected chi connectivity index (χ0v) is 13.3. The maximum absolute atomic E-state index is 8.99. The average Bonchev–Trinajstić information content (AvgIpc) is 2.31. The van der Waals surface area contributed by atoms with Crippen molar-refractivity contribution in [2.75, 3.05) is 26.2 Å². The number of aliphatic hydroxyl groups is 2. The number of likely N-dealkylation sites (N-methyl/N-ethyl adjacent to an activating group) is 2. The normalized spacial score (nSPS) is 11.3. The molecule has 6 heteroatoms. The molecule has 0 radical (unpaired) electrons. The van der Waals surface area contributed by atoms with E-state index >= 15 is 0 Å². The standard InChI is InChI=1S/C8H20N2O.C3H8O.O.Ti/c1-4-9-8(7-11)10(5-2)6-3;1-3(2)4;;/h8-9,11H,4-7H2,1-3H3;3-4H,1-2H3;;. The Morgan fingerprint density at radius 2 is 1.53 bits per heavy atom. The molecule has 5 nitrogen and oxygen atoms in total. The van der Waals surface area contributed by atoms with Crippen LogP contribution in [0.15, 0.2) is 0 Å². The summed E-state index contributed by atoms with van der Waals surface area (Å²) in [5.74, 6) is 0. The van der Waals surface area contributed by atoms with Gasteiger partial charge in [0.2, 0.25) is 0 Å². The molecule has 0 heterocycles. The van der Waals surface area contributed by atoms with Crippen molar-refractivity contribution in [2.24, 2.45) is 0 Å². The third-order valence-electron chi connectivity index (χ3n) is 1.87. The van der Waals surface area contributed by atoms with Gasteiger partial charge in [-0.1, -0.05) is 20.8 Å². The average molecular weight is 284 g/mol. The molecule has 1 atom stereocenters. The number of hydrogen-bond acceptors (Lipinski definition) is 5. The first kappa shape index (κ1) is 22.5. The summed E-state index contributed by atoms with van der Waals surface area (Å²) >= 11 is 0.750. The summed E-state index contributed by atoms with van der Waals surface area (Å²) in [5, 5.41) is 20.3. The third kappa shape index (κ3) is 18.9. The summed E-state index contributed by atoms with van der Waals surface area (Å²) < 4.78 is 8.25. The van der Waals surface area contributed by atoms with Gasteiger partial charge in [-0.25, -0.2) is 0 Å². The molecular formula is C11H28N2O3Ti. The van der Waals surface area contributed by atoms with Crippen LogP contribution < -0.4 is 5.32 Å². The number of rotatable bonds is 6. The van der Waals surface area contributed by atoms with Crippen LogP contribution in [-0.4, -0.2) is 53.6 Å². The number of nitrogens with zero attached hydrogens (tertiary/aromatic N) is 1. The van der Waals surface area contributed by atoms with Crippen LogP contribution in [-0.2, 0) is 23.7 Å². The van der Waals surface area contributed by atoms with Gasteiger partial charge in [0.15, 0.2) is 0 Å². The van der Waals surface area contributed by atoms with E-state index in [4.69, 9.17) is 13.5 Å². The van der Waals surface area contributed by atoms with Gasteiger partial charge in [-0.2, -0.15) is 0 Å². The quantitative estimate of drug-likeness (QED) is 0.490. The van der Waals surface area contributed by atoms with Crippen molar-refractivity contribution < 1.29 is 33.9 Å². The van der Waals surface area contributed by atoms with Crippen molar-refractivity contribution >= 4 is 0 Å². The summed E-state index contributed by atoms with van der Waals surface area (Å²) in [7, 11) is 0.